The van der Waals surface area contributed by atoms with Gasteiger partial charge >= 0.3 is 12.0 Å². The number of barbiturate groups is 1. The van der Waals surface area contributed by atoms with Crippen molar-refractivity contribution in [3.8, 4) is 11.5 Å². The molecule has 0 aliphatic carbocycles. The molecule has 178 valence electrons. The molecule has 10 nitrogen and oxygen atoms in total. The summed E-state index contributed by atoms with van der Waals surface area (Å²) in [6.07, 6.45) is 1.35. The predicted molar refractivity (Wildman–Crippen MR) is 123 cm³/mol. The minimum absolute atomic E-state index is 0.0431. The number of carbonyl (C=O) groups is 4. The minimum Gasteiger partial charge on any atom is -0.493 e. The summed E-state index contributed by atoms with van der Waals surface area (Å²) in [4.78, 5) is 49.7. The van der Waals surface area contributed by atoms with E-state index in [0.717, 1.165) is 10.5 Å². The van der Waals surface area contributed by atoms with Gasteiger partial charge in [0.05, 0.1) is 12.8 Å². The third-order valence-corrected chi connectivity index (χ3v) is 5.10. The van der Waals surface area contributed by atoms with Gasteiger partial charge in [-0.1, -0.05) is 18.2 Å². The van der Waals surface area contributed by atoms with Crippen LogP contribution in [0.3, 0.4) is 0 Å². The Bertz CT molecular complexity index is 1370. The van der Waals surface area contributed by atoms with E-state index in [-0.39, 0.29) is 17.9 Å². The SMILES string of the molecule is COc1cc(/C=C2\C(=O)NC(=O)N(c3cccc(C)c3)C2=O)ccc1OCc1ccc(C(=O)O)o1. The maximum atomic E-state index is 13.1. The van der Waals surface area contributed by atoms with E-state index in [1.807, 2.05) is 13.0 Å². The fourth-order valence-corrected chi connectivity index (χ4v) is 3.44. The van der Waals surface area contributed by atoms with Gasteiger partial charge < -0.3 is 19.0 Å². The van der Waals surface area contributed by atoms with Crippen molar-refractivity contribution in [2.24, 2.45) is 0 Å². The molecule has 0 unspecified atom stereocenters. The number of nitrogens with zero attached hydrogens (tertiary/aromatic N) is 1. The number of carbonyl (C=O) groups excluding carboxylic acids is 3. The molecule has 2 aromatic carbocycles. The molecular formula is C25H20N2O8. The normalized spacial score (nSPS) is 14.7. The van der Waals surface area contributed by atoms with Crippen LogP contribution in [0.15, 0.2) is 64.6 Å². The Morgan fingerprint density at radius 1 is 1.09 bits per heavy atom. The number of anilines is 1. The van der Waals surface area contributed by atoms with Crippen LogP contribution in [0.1, 0.15) is 27.4 Å². The number of furan rings is 1. The summed E-state index contributed by atoms with van der Waals surface area (Å²) in [7, 11) is 1.42. The maximum Gasteiger partial charge on any atom is 0.371 e. The third kappa shape index (κ3) is 4.91. The van der Waals surface area contributed by atoms with Gasteiger partial charge in [-0.25, -0.2) is 14.5 Å². The third-order valence-electron chi connectivity index (χ3n) is 5.10. The lowest BCUT2D eigenvalue weighted by Crippen LogP contribution is -2.54. The summed E-state index contributed by atoms with van der Waals surface area (Å²) >= 11 is 0. The standard InChI is InChI=1S/C25H20N2O8/c1-14-4-3-5-16(10-14)27-23(29)18(22(28)26-25(27)32)11-15-6-8-19(21(12-15)33-2)34-13-17-7-9-20(35-17)24(30)31/h3-12H,13H2,1-2H3,(H,30,31)(H,26,28,32)/b18-11+. The second-order valence-corrected chi connectivity index (χ2v) is 7.57. The molecule has 0 spiro atoms. The molecule has 4 rings (SSSR count). The van der Waals surface area contributed by atoms with Crippen molar-refractivity contribution in [1.82, 2.24) is 5.32 Å². The van der Waals surface area contributed by atoms with Crippen LogP contribution in [0, 0.1) is 6.92 Å². The number of methoxy groups -OCH3 is 1. The Balaban J connectivity index is 1.57. The van der Waals surface area contributed by atoms with Crippen LogP contribution in [0.25, 0.3) is 6.08 Å². The average molecular weight is 476 g/mol. The summed E-state index contributed by atoms with van der Waals surface area (Å²) in [6.45, 7) is 1.78. The van der Waals surface area contributed by atoms with Crippen molar-refractivity contribution in [2.75, 3.05) is 12.0 Å². The van der Waals surface area contributed by atoms with Crippen molar-refractivity contribution in [3.63, 3.8) is 0 Å². The van der Waals surface area contributed by atoms with E-state index in [1.54, 1.807) is 36.4 Å². The number of aromatic carboxylic acids is 1. The van der Waals surface area contributed by atoms with Gasteiger partial charge in [0.2, 0.25) is 5.76 Å². The first-order chi connectivity index (χ1) is 16.8. The number of carboxylic acids is 1. The van der Waals surface area contributed by atoms with E-state index in [0.29, 0.717) is 28.5 Å². The highest BCUT2D eigenvalue weighted by molar-refractivity contribution is 6.39. The lowest BCUT2D eigenvalue weighted by atomic mass is 10.1. The lowest BCUT2D eigenvalue weighted by Gasteiger charge is -2.26. The van der Waals surface area contributed by atoms with Gasteiger partial charge in [-0.3, -0.25) is 14.9 Å². The Morgan fingerprint density at radius 2 is 1.89 bits per heavy atom. The highest BCUT2D eigenvalue weighted by Gasteiger charge is 2.36. The molecule has 1 aromatic heterocycles. The molecule has 2 heterocycles. The molecule has 1 aliphatic rings. The van der Waals surface area contributed by atoms with E-state index in [2.05, 4.69) is 5.32 Å². The summed E-state index contributed by atoms with van der Waals surface area (Å²) in [6, 6.07) is 13.5. The number of imide groups is 2. The zero-order valence-electron chi connectivity index (χ0n) is 18.7. The van der Waals surface area contributed by atoms with E-state index in [4.69, 9.17) is 19.0 Å². The zero-order chi connectivity index (χ0) is 25.1. The summed E-state index contributed by atoms with van der Waals surface area (Å²) in [5.74, 6) is -2.01. The fraction of sp³-hybridized carbons (Fsp3) is 0.120. The van der Waals surface area contributed by atoms with E-state index in [9.17, 15) is 19.2 Å². The molecule has 35 heavy (non-hydrogen) atoms. The first kappa shape index (κ1) is 23.3. The van der Waals surface area contributed by atoms with Crippen LogP contribution in [0.2, 0.25) is 0 Å². The number of rotatable bonds is 7. The van der Waals surface area contributed by atoms with Crippen molar-refractivity contribution in [2.45, 2.75) is 13.5 Å². The maximum absolute atomic E-state index is 13.1. The van der Waals surface area contributed by atoms with Gasteiger partial charge in [-0.2, -0.15) is 0 Å². The molecule has 4 amide bonds. The Labute approximate surface area is 199 Å². The molecular weight excluding hydrogens is 456 g/mol. The number of ether oxygens (including phenoxy) is 2. The van der Waals surface area contributed by atoms with Crippen LogP contribution < -0.4 is 19.7 Å². The molecule has 1 fully saturated rings. The molecule has 0 bridgehead atoms. The smallest absolute Gasteiger partial charge is 0.371 e. The highest BCUT2D eigenvalue weighted by Crippen LogP contribution is 2.31. The predicted octanol–water partition coefficient (Wildman–Crippen LogP) is 3.54. The number of urea groups is 1. The highest BCUT2D eigenvalue weighted by atomic mass is 16.5. The van der Waals surface area contributed by atoms with Crippen LogP contribution in [0.4, 0.5) is 10.5 Å². The number of hydrogen-bond donors (Lipinski definition) is 2. The zero-order valence-corrected chi connectivity index (χ0v) is 18.7. The van der Waals surface area contributed by atoms with Gasteiger partial charge in [-0.05, 0) is 60.5 Å². The average Bonchev–Trinajstić information content (AvgIpc) is 3.30. The Morgan fingerprint density at radius 3 is 2.57 bits per heavy atom. The van der Waals surface area contributed by atoms with Crippen LogP contribution >= 0.6 is 0 Å². The van der Waals surface area contributed by atoms with Gasteiger partial charge in [0.15, 0.2) is 11.5 Å². The van der Waals surface area contributed by atoms with E-state index in [1.165, 1.54) is 25.3 Å². The van der Waals surface area contributed by atoms with E-state index < -0.39 is 23.8 Å². The van der Waals surface area contributed by atoms with Crippen molar-refractivity contribution in [1.29, 1.82) is 0 Å². The molecule has 2 N–H and O–H groups in total. The number of aryl methyl sites for hydroxylation is 1. The second kappa shape index (κ2) is 9.56. The van der Waals surface area contributed by atoms with Crippen molar-refractivity contribution >= 4 is 35.6 Å². The Kier molecular flexibility index (Phi) is 6.36. The van der Waals surface area contributed by atoms with Gasteiger partial charge in [-0.15, -0.1) is 0 Å². The van der Waals surface area contributed by atoms with Crippen LogP contribution in [0.5, 0.6) is 11.5 Å². The number of nitrogens with one attached hydrogen (secondary N) is 1. The minimum atomic E-state index is -1.19. The first-order valence-electron chi connectivity index (χ1n) is 10.4. The molecule has 3 aromatic rings. The summed E-state index contributed by atoms with van der Waals surface area (Å²) in [5.41, 5.74) is 1.42. The summed E-state index contributed by atoms with van der Waals surface area (Å²) in [5, 5.41) is 11.1. The quantitative estimate of drug-likeness (QED) is 0.390. The number of amides is 4. The topological polar surface area (TPSA) is 135 Å². The Hall–Kier alpha value is -4.86. The monoisotopic (exact) mass is 476 g/mol. The molecule has 1 saturated heterocycles. The van der Waals surface area contributed by atoms with Crippen molar-refractivity contribution in [3.05, 3.63) is 82.8 Å². The second-order valence-electron chi connectivity index (χ2n) is 7.57. The fourth-order valence-electron chi connectivity index (χ4n) is 3.44. The van der Waals surface area contributed by atoms with Crippen LogP contribution in [-0.4, -0.2) is 36.0 Å². The molecule has 10 heteroatoms. The number of carboxylic acid groups (broad SMARTS) is 1. The van der Waals surface area contributed by atoms with Gasteiger partial charge in [0, 0.05) is 0 Å². The van der Waals surface area contributed by atoms with Crippen molar-refractivity contribution < 1.29 is 38.2 Å². The number of hydrogen-bond acceptors (Lipinski definition) is 7. The van der Waals surface area contributed by atoms with Gasteiger partial charge in [0.1, 0.15) is 17.9 Å². The molecule has 0 saturated carbocycles. The lowest BCUT2D eigenvalue weighted by molar-refractivity contribution is -0.122. The van der Waals surface area contributed by atoms with Crippen LogP contribution in [-0.2, 0) is 16.2 Å². The van der Waals surface area contributed by atoms with Gasteiger partial charge in [0.25, 0.3) is 11.8 Å². The first-order valence-corrected chi connectivity index (χ1v) is 10.4. The summed E-state index contributed by atoms with van der Waals surface area (Å²) < 4.78 is 16.2. The number of benzene rings is 2. The molecule has 0 atom stereocenters. The molecule has 0 radical (unpaired) electrons. The molecule has 1 aliphatic heterocycles. The largest absolute Gasteiger partial charge is 0.493 e. The van der Waals surface area contributed by atoms with E-state index >= 15 is 0 Å².